The van der Waals surface area contributed by atoms with Crippen LogP contribution in [-0.4, -0.2) is 114 Å². The van der Waals surface area contributed by atoms with Gasteiger partial charge in [-0.3, -0.25) is 19.3 Å². The number of Topliss-reactive ketones (excluding diaryl/α,β-unsaturated/α-hetero) is 1. The van der Waals surface area contributed by atoms with E-state index in [9.17, 15) is 24.0 Å². The van der Waals surface area contributed by atoms with Gasteiger partial charge in [-0.1, -0.05) is 34.8 Å². The third-order valence-electron chi connectivity index (χ3n) is 6.30. The fourth-order valence-electron chi connectivity index (χ4n) is 4.22. The van der Waals surface area contributed by atoms with E-state index in [-0.39, 0.29) is 30.8 Å². The predicted octanol–water partition coefficient (Wildman–Crippen LogP) is 2.43. The SMILES string of the molecule is CC(=O)OCOC(=O)N1CCC(N2CCN(CC(=O)c3ccc(OCC(=O)OCC(Cl)(Cl)Cl)cc3)C(=O)C2)CC1. The Kier molecular flexibility index (Phi) is 11.7. The van der Waals surface area contributed by atoms with Crippen LogP contribution in [0.3, 0.4) is 0 Å². The molecule has 12 nitrogen and oxygen atoms in total. The maximum Gasteiger partial charge on any atom is 0.412 e. The Morgan fingerprint density at radius 1 is 0.950 bits per heavy atom. The molecule has 0 bridgehead atoms. The van der Waals surface area contributed by atoms with Gasteiger partial charge in [0.2, 0.25) is 16.5 Å². The smallest absolute Gasteiger partial charge is 0.412 e. The van der Waals surface area contributed by atoms with E-state index >= 15 is 0 Å². The summed E-state index contributed by atoms with van der Waals surface area (Å²) in [7, 11) is 0. The van der Waals surface area contributed by atoms with Crippen molar-refractivity contribution in [1.29, 1.82) is 0 Å². The Bertz CT molecular complexity index is 1070. The van der Waals surface area contributed by atoms with Gasteiger partial charge in [-0.2, -0.15) is 0 Å². The lowest BCUT2D eigenvalue weighted by molar-refractivity contribution is -0.150. The molecule has 0 N–H and O–H groups in total. The highest BCUT2D eigenvalue weighted by molar-refractivity contribution is 6.67. The number of hydrogen-bond acceptors (Lipinski definition) is 10. The van der Waals surface area contributed by atoms with Crippen molar-refractivity contribution < 1.29 is 42.9 Å². The number of ketones is 1. The number of halogens is 3. The molecule has 0 spiro atoms. The van der Waals surface area contributed by atoms with Crippen LogP contribution in [-0.2, 0) is 28.6 Å². The molecular weight excluding hydrogens is 593 g/mol. The zero-order valence-corrected chi connectivity index (χ0v) is 24.1. The molecule has 1 aromatic carbocycles. The first kappa shape index (κ1) is 31.7. The van der Waals surface area contributed by atoms with Crippen molar-refractivity contribution in [3.05, 3.63) is 29.8 Å². The number of piperidine rings is 1. The van der Waals surface area contributed by atoms with Gasteiger partial charge in [0, 0.05) is 44.7 Å². The highest BCUT2D eigenvalue weighted by Gasteiger charge is 2.33. The fourth-order valence-corrected chi connectivity index (χ4v) is 4.38. The molecule has 2 heterocycles. The molecule has 3 rings (SSSR count). The number of esters is 2. The summed E-state index contributed by atoms with van der Waals surface area (Å²) in [6.07, 6.45) is 0.806. The minimum absolute atomic E-state index is 0.0527. The molecule has 2 amide bonds. The number of benzene rings is 1. The van der Waals surface area contributed by atoms with E-state index in [1.165, 1.54) is 24.0 Å². The Labute approximate surface area is 246 Å². The summed E-state index contributed by atoms with van der Waals surface area (Å²) in [5.74, 6) is -1.27. The maximum atomic E-state index is 12.8. The van der Waals surface area contributed by atoms with Crippen LogP contribution in [0.4, 0.5) is 4.79 Å². The predicted molar refractivity (Wildman–Crippen MR) is 143 cm³/mol. The first-order chi connectivity index (χ1) is 18.9. The van der Waals surface area contributed by atoms with Gasteiger partial charge in [-0.25, -0.2) is 9.59 Å². The summed E-state index contributed by atoms with van der Waals surface area (Å²) in [6, 6.07) is 6.31. The second-order valence-electron chi connectivity index (χ2n) is 9.18. The van der Waals surface area contributed by atoms with Crippen LogP contribution in [0, 0.1) is 0 Å². The molecule has 220 valence electrons. The molecule has 0 atom stereocenters. The van der Waals surface area contributed by atoms with Crippen LogP contribution < -0.4 is 4.74 Å². The van der Waals surface area contributed by atoms with Crippen molar-refractivity contribution in [2.24, 2.45) is 0 Å². The van der Waals surface area contributed by atoms with E-state index in [1.807, 2.05) is 0 Å². The third kappa shape index (κ3) is 10.3. The van der Waals surface area contributed by atoms with Crippen LogP contribution in [0.1, 0.15) is 30.1 Å². The van der Waals surface area contributed by atoms with Crippen LogP contribution >= 0.6 is 34.8 Å². The second-order valence-corrected chi connectivity index (χ2v) is 11.7. The fraction of sp³-hybridized carbons (Fsp3) is 0.560. The molecule has 2 saturated heterocycles. The van der Waals surface area contributed by atoms with Crippen molar-refractivity contribution in [3.8, 4) is 5.75 Å². The van der Waals surface area contributed by atoms with Gasteiger partial charge in [0.25, 0.3) is 0 Å². The van der Waals surface area contributed by atoms with Crippen molar-refractivity contribution in [1.82, 2.24) is 14.7 Å². The number of piperazine rings is 1. The van der Waals surface area contributed by atoms with E-state index in [4.69, 9.17) is 49.0 Å². The molecule has 2 fully saturated rings. The van der Waals surface area contributed by atoms with E-state index in [2.05, 4.69) is 9.64 Å². The Morgan fingerprint density at radius 2 is 1.62 bits per heavy atom. The molecule has 0 radical (unpaired) electrons. The lowest BCUT2D eigenvalue weighted by atomic mass is 10.0. The molecule has 1 aromatic rings. The average molecular weight is 623 g/mol. The topological polar surface area (TPSA) is 132 Å². The van der Waals surface area contributed by atoms with Gasteiger partial charge in [0.15, 0.2) is 12.4 Å². The van der Waals surface area contributed by atoms with E-state index in [0.29, 0.717) is 50.3 Å². The Hall–Kier alpha value is -2.80. The quantitative estimate of drug-likeness (QED) is 0.166. The van der Waals surface area contributed by atoms with Crippen molar-refractivity contribution in [3.63, 3.8) is 0 Å². The number of likely N-dealkylation sites (tertiary alicyclic amines) is 1. The molecule has 40 heavy (non-hydrogen) atoms. The third-order valence-corrected chi connectivity index (χ3v) is 6.62. The number of rotatable bonds is 10. The lowest BCUT2D eigenvalue weighted by Crippen LogP contribution is -2.56. The standard InChI is InChI=1S/C25H30Cl3N3O9/c1-17(32)39-16-40-24(36)29-8-6-19(7-9-29)30-10-11-31(22(34)13-30)12-21(33)18-2-4-20(5-3-18)37-14-23(35)38-15-25(26,27)28/h2-5,19H,6-16H2,1H3. The number of nitrogens with zero attached hydrogens (tertiary/aromatic N) is 3. The second kappa shape index (κ2) is 14.7. The molecular formula is C25H30Cl3N3O9. The van der Waals surface area contributed by atoms with Crippen LogP contribution in [0.5, 0.6) is 5.75 Å². The number of ether oxygens (including phenoxy) is 4. The van der Waals surface area contributed by atoms with Crippen molar-refractivity contribution in [2.45, 2.75) is 29.6 Å². The maximum absolute atomic E-state index is 12.8. The highest BCUT2D eigenvalue weighted by Crippen LogP contribution is 2.26. The average Bonchev–Trinajstić information content (AvgIpc) is 2.91. The minimum Gasteiger partial charge on any atom is -0.482 e. The van der Waals surface area contributed by atoms with Crippen LogP contribution in [0.25, 0.3) is 0 Å². The number of carbonyl (C=O) groups is 5. The first-order valence-electron chi connectivity index (χ1n) is 12.5. The Morgan fingerprint density at radius 3 is 2.23 bits per heavy atom. The lowest BCUT2D eigenvalue weighted by Gasteiger charge is -2.41. The summed E-state index contributed by atoms with van der Waals surface area (Å²) >= 11 is 16.6. The molecule has 15 heteroatoms. The summed E-state index contributed by atoms with van der Waals surface area (Å²) in [5, 5.41) is 0. The van der Waals surface area contributed by atoms with Gasteiger partial charge in [-0.15, -0.1) is 0 Å². The summed E-state index contributed by atoms with van der Waals surface area (Å²) in [4.78, 5) is 65.2. The van der Waals surface area contributed by atoms with E-state index in [1.54, 1.807) is 17.0 Å². The number of hydrogen-bond donors (Lipinski definition) is 0. The zero-order chi connectivity index (χ0) is 29.3. The molecule has 0 aromatic heterocycles. The molecule has 0 saturated carbocycles. The molecule has 0 aliphatic carbocycles. The van der Waals surface area contributed by atoms with Gasteiger partial charge in [0.1, 0.15) is 12.4 Å². The minimum atomic E-state index is -1.71. The zero-order valence-electron chi connectivity index (χ0n) is 21.8. The van der Waals surface area contributed by atoms with Gasteiger partial charge in [-0.05, 0) is 37.1 Å². The monoisotopic (exact) mass is 621 g/mol. The number of alkyl halides is 3. The summed E-state index contributed by atoms with van der Waals surface area (Å²) in [5.41, 5.74) is 0.398. The van der Waals surface area contributed by atoms with Crippen molar-refractivity contribution in [2.75, 3.05) is 59.3 Å². The van der Waals surface area contributed by atoms with E-state index in [0.717, 1.165) is 0 Å². The van der Waals surface area contributed by atoms with Gasteiger partial charge < -0.3 is 28.7 Å². The molecule has 2 aliphatic rings. The number of amides is 2. The van der Waals surface area contributed by atoms with Crippen LogP contribution in [0.15, 0.2) is 24.3 Å². The van der Waals surface area contributed by atoms with Crippen molar-refractivity contribution >= 4 is 64.5 Å². The van der Waals surface area contributed by atoms with E-state index < -0.39 is 41.8 Å². The molecule has 0 unspecified atom stereocenters. The highest BCUT2D eigenvalue weighted by atomic mass is 35.6. The summed E-state index contributed by atoms with van der Waals surface area (Å²) in [6.45, 7) is 2.10. The Balaban J connectivity index is 1.38. The first-order valence-corrected chi connectivity index (χ1v) is 13.6. The normalized spacial score (nSPS) is 16.9. The largest absolute Gasteiger partial charge is 0.482 e. The van der Waals surface area contributed by atoms with Gasteiger partial charge in [0.05, 0.1) is 13.1 Å². The molecule has 2 aliphatic heterocycles. The van der Waals surface area contributed by atoms with Gasteiger partial charge >= 0.3 is 18.0 Å². The summed E-state index contributed by atoms with van der Waals surface area (Å²) < 4.78 is 17.9. The number of carbonyl (C=O) groups excluding carboxylic acids is 5. The van der Waals surface area contributed by atoms with Crippen LogP contribution in [0.2, 0.25) is 0 Å².